The lowest BCUT2D eigenvalue weighted by molar-refractivity contribution is -0.142. The molecule has 0 saturated carbocycles. The number of carboxylic acids is 1. The molecule has 0 aliphatic carbocycles. The first kappa shape index (κ1) is 30.3. The van der Waals surface area contributed by atoms with Crippen LogP contribution in [0.1, 0.15) is 53.7 Å². The van der Waals surface area contributed by atoms with Crippen molar-refractivity contribution >= 4 is 31.1 Å². The number of aliphatic carboxylic acids is 1. The van der Waals surface area contributed by atoms with Crippen molar-refractivity contribution in [2.24, 2.45) is 17.8 Å². The van der Waals surface area contributed by atoms with Crippen molar-refractivity contribution in [1.29, 1.82) is 0 Å². The molecular formula is C22H38N5O7P. The maximum Gasteiger partial charge on any atom is 0.326 e. The van der Waals surface area contributed by atoms with Crippen LogP contribution in [0.5, 0.6) is 0 Å². The van der Waals surface area contributed by atoms with Gasteiger partial charge in [-0.25, -0.2) is 9.78 Å². The SMILES string of the molecule is CC(=O)N[C@H](C(=O)NC(C)P(=O)(O)CC(CC(C)C)C(=O)N[C@@H](Cc1cnc[nH]1)C(=O)O)C(C)C. The largest absolute Gasteiger partial charge is 0.480 e. The lowest BCUT2D eigenvalue weighted by Gasteiger charge is -2.28. The Morgan fingerprint density at radius 2 is 1.69 bits per heavy atom. The third-order valence-electron chi connectivity index (χ3n) is 5.47. The van der Waals surface area contributed by atoms with E-state index in [1.807, 2.05) is 13.8 Å². The number of nitrogens with one attached hydrogen (secondary N) is 4. The highest BCUT2D eigenvalue weighted by Crippen LogP contribution is 2.47. The van der Waals surface area contributed by atoms with Crippen LogP contribution in [0, 0.1) is 17.8 Å². The fourth-order valence-electron chi connectivity index (χ4n) is 3.56. The van der Waals surface area contributed by atoms with Crippen LogP contribution in [0.2, 0.25) is 0 Å². The first-order chi connectivity index (χ1) is 16.1. The van der Waals surface area contributed by atoms with Gasteiger partial charge in [-0.1, -0.05) is 27.7 Å². The van der Waals surface area contributed by atoms with Crippen molar-refractivity contribution in [1.82, 2.24) is 25.9 Å². The summed E-state index contributed by atoms with van der Waals surface area (Å²) in [4.78, 5) is 66.1. The van der Waals surface area contributed by atoms with Gasteiger partial charge in [-0.05, 0) is 25.2 Å². The normalized spacial score (nSPS) is 16.6. The van der Waals surface area contributed by atoms with Crippen molar-refractivity contribution in [3.8, 4) is 0 Å². The van der Waals surface area contributed by atoms with Crippen molar-refractivity contribution in [2.75, 3.05) is 6.16 Å². The molecule has 0 aromatic carbocycles. The molecule has 0 saturated heterocycles. The monoisotopic (exact) mass is 515 g/mol. The van der Waals surface area contributed by atoms with E-state index < -0.39 is 61.0 Å². The van der Waals surface area contributed by atoms with Gasteiger partial charge in [0, 0.05) is 37.3 Å². The van der Waals surface area contributed by atoms with Crippen molar-refractivity contribution in [3.63, 3.8) is 0 Å². The average molecular weight is 516 g/mol. The molecule has 6 N–H and O–H groups in total. The zero-order valence-corrected chi connectivity index (χ0v) is 22.0. The molecule has 0 bridgehead atoms. The highest BCUT2D eigenvalue weighted by Gasteiger charge is 2.37. The molecule has 35 heavy (non-hydrogen) atoms. The van der Waals surface area contributed by atoms with E-state index in [-0.39, 0.29) is 24.7 Å². The van der Waals surface area contributed by atoms with E-state index in [1.165, 1.54) is 26.4 Å². The lowest BCUT2D eigenvalue weighted by atomic mass is 9.97. The van der Waals surface area contributed by atoms with Gasteiger partial charge in [0.1, 0.15) is 17.9 Å². The second-order valence-corrected chi connectivity index (χ2v) is 12.2. The zero-order valence-electron chi connectivity index (χ0n) is 21.1. The molecule has 13 heteroatoms. The second-order valence-electron chi connectivity index (χ2n) is 9.55. The van der Waals surface area contributed by atoms with Crippen LogP contribution < -0.4 is 16.0 Å². The lowest BCUT2D eigenvalue weighted by Crippen LogP contribution is -2.51. The van der Waals surface area contributed by atoms with Crippen LogP contribution in [0.15, 0.2) is 12.5 Å². The molecular weight excluding hydrogens is 477 g/mol. The van der Waals surface area contributed by atoms with Gasteiger partial charge in [-0.3, -0.25) is 18.9 Å². The zero-order chi connectivity index (χ0) is 26.9. The number of amides is 3. The summed E-state index contributed by atoms with van der Waals surface area (Å²) < 4.78 is 13.2. The summed E-state index contributed by atoms with van der Waals surface area (Å²) >= 11 is 0. The van der Waals surface area contributed by atoms with E-state index in [1.54, 1.807) is 13.8 Å². The number of carbonyl (C=O) groups excluding carboxylic acids is 3. The third-order valence-corrected chi connectivity index (χ3v) is 7.77. The Morgan fingerprint density at radius 1 is 1.06 bits per heavy atom. The average Bonchev–Trinajstić information content (AvgIpc) is 3.23. The number of nitrogens with zero attached hydrogens (tertiary/aromatic N) is 1. The smallest absolute Gasteiger partial charge is 0.326 e. The predicted octanol–water partition coefficient (Wildman–Crippen LogP) is 1.08. The van der Waals surface area contributed by atoms with Gasteiger partial charge < -0.3 is 30.9 Å². The molecule has 0 fully saturated rings. The summed E-state index contributed by atoms with van der Waals surface area (Å²) in [6, 6.07) is -2.14. The van der Waals surface area contributed by atoms with Gasteiger partial charge in [0.2, 0.25) is 25.1 Å². The molecule has 5 atom stereocenters. The fraction of sp³-hybridized carbons (Fsp3) is 0.682. The van der Waals surface area contributed by atoms with E-state index in [9.17, 15) is 33.7 Å². The first-order valence-electron chi connectivity index (χ1n) is 11.5. The number of carboxylic acid groups (broad SMARTS) is 1. The molecule has 198 valence electrons. The third kappa shape index (κ3) is 10.2. The maximum atomic E-state index is 13.2. The molecule has 1 aromatic rings. The predicted molar refractivity (Wildman–Crippen MR) is 130 cm³/mol. The van der Waals surface area contributed by atoms with E-state index in [0.29, 0.717) is 5.69 Å². The second kappa shape index (κ2) is 13.4. The van der Waals surface area contributed by atoms with E-state index >= 15 is 0 Å². The minimum atomic E-state index is -4.10. The van der Waals surface area contributed by atoms with Gasteiger partial charge in [0.25, 0.3) is 0 Å². The van der Waals surface area contributed by atoms with Gasteiger partial charge in [0.15, 0.2) is 0 Å². The van der Waals surface area contributed by atoms with E-state index in [2.05, 4.69) is 25.9 Å². The van der Waals surface area contributed by atoms with Crippen LogP contribution in [0.4, 0.5) is 0 Å². The molecule has 3 amide bonds. The number of hydrogen-bond donors (Lipinski definition) is 6. The summed E-state index contributed by atoms with van der Waals surface area (Å²) in [7, 11) is -4.10. The van der Waals surface area contributed by atoms with Gasteiger partial charge >= 0.3 is 5.97 Å². The summed E-state index contributed by atoms with van der Waals surface area (Å²) in [6.07, 6.45) is 2.62. The Bertz CT molecular complexity index is 919. The maximum absolute atomic E-state index is 13.2. The molecule has 3 unspecified atom stereocenters. The highest BCUT2D eigenvalue weighted by atomic mass is 31.2. The summed E-state index contributed by atoms with van der Waals surface area (Å²) in [5.74, 6) is -5.33. The number of hydrogen-bond acceptors (Lipinski definition) is 6. The van der Waals surface area contributed by atoms with Crippen molar-refractivity contribution in [3.05, 3.63) is 18.2 Å². The molecule has 0 spiro atoms. The number of aromatic amines is 1. The fourth-order valence-corrected chi connectivity index (χ4v) is 5.16. The Balaban J connectivity index is 2.97. The Hall–Kier alpha value is -2.72. The van der Waals surface area contributed by atoms with Crippen molar-refractivity contribution in [2.45, 2.75) is 72.3 Å². The highest BCUT2D eigenvalue weighted by molar-refractivity contribution is 7.58. The topological polar surface area (TPSA) is 191 Å². The Kier molecular flexibility index (Phi) is 11.6. The van der Waals surface area contributed by atoms with Gasteiger partial charge in [0.05, 0.1) is 6.33 Å². The van der Waals surface area contributed by atoms with Crippen LogP contribution >= 0.6 is 7.37 Å². The molecule has 1 aromatic heterocycles. The molecule has 12 nitrogen and oxygen atoms in total. The molecule has 0 aliphatic heterocycles. The number of carbonyl (C=O) groups is 4. The quantitative estimate of drug-likeness (QED) is 0.198. The minimum Gasteiger partial charge on any atom is -0.480 e. The Labute approximate surface area is 205 Å². The molecule has 0 radical (unpaired) electrons. The van der Waals surface area contributed by atoms with Crippen molar-refractivity contribution < 1.29 is 33.7 Å². The minimum absolute atomic E-state index is 0.0170. The van der Waals surface area contributed by atoms with E-state index in [0.717, 1.165) is 0 Å². The summed E-state index contributed by atoms with van der Waals surface area (Å²) in [6.45, 7) is 9.78. The molecule has 1 rings (SSSR count). The van der Waals surface area contributed by atoms with Gasteiger partial charge in [-0.15, -0.1) is 0 Å². The van der Waals surface area contributed by atoms with Crippen LogP contribution in [0.3, 0.4) is 0 Å². The Morgan fingerprint density at radius 3 is 2.14 bits per heavy atom. The number of H-pyrrole nitrogens is 1. The number of rotatable bonds is 14. The van der Waals surface area contributed by atoms with Crippen LogP contribution in [-0.4, -0.2) is 67.7 Å². The standard InChI is InChI=1S/C22H38N5O7P/c1-12(2)7-16(20(29)27-18(22(31)32)8-17-9-23-11-24-17)10-35(33,34)15(6)26-21(30)19(13(3)4)25-14(5)28/h9,11-13,15-16,18-19H,7-8,10H2,1-6H3,(H,23,24)(H,25,28)(H,26,30)(H,27,29)(H,31,32)(H,33,34)/t15?,16?,18-,19-/m0/s1. The van der Waals surface area contributed by atoms with Crippen LogP contribution in [-0.2, 0) is 30.2 Å². The summed E-state index contributed by atoms with van der Waals surface area (Å²) in [5.41, 5.74) is 0.515. The van der Waals surface area contributed by atoms with Crippen LogP contribution in [0.25, 0.3) is 0 Å². The molecule has 0 aliphatic rings. The molecule has 1 heterocycles. The van der Waals surface area contributed by atoms with E-state index in [4.69, 9.17) is 0 Å². The number of imidazole rings is 1. The first-order valence-corrected chi connectivity index (χ1v) is 13.4. The summed E-state index contributed by atoms with van der Waals surface area (Å²) in [5, 5.41) is 17.0. The van der Waals surface area contributed by atoms with Gasteiger partial charge in [-0.2, -0.15) is 0 Å². The number of aromatic nitrogens is 2.